The average Bonchev–Trinajstić information content (AvgIpc) is 2.87. The second-order valence-corrected chi connectivity index (χ2v) is 6.39. The molecule has 21 heavy (non-hydrogen) atoms. The van der Waals surface area contributed by atoms with Crippen LogP contribution >= 0.6 is 15.9 Å². The maximum Gasteiger partial charge on any atom is 0.291 e. The van der Waals surface area contributed by atoms with E-state index >= 15 is 0 Å². The maximum absolute atomic E-state index is 12.7. The number of nitrogens with zero attached hydrogens (tertiary/aromatic N) is 2. The first-order valence-corrected chi connectivity index (χ1v) is 7.93. The summed E-state index contributed by atoms with van der Waals surface area (Å²) in [6.07, 6.45) is 3.71. The Labute approximate surface area is 129 Å². The van der Waals surface area contributed by atoms with E-state index in [4.69, 9.17) is 0 Å². The summed E-state index contributed by atoms with van der Waals surface area (Å²) in [5.74, 6) is 0. The lowest BCUT2D eigenvalue weighted by Crippen LogP contribution is -2.35. The molecular formula is C15H15BrN4O. The van der Waals surface area contributed by atoms with Gasteiger partial charge in [-0.1, -0.05) is 22.0 Å². The first kappa shape index (κ1) is 13.0. The van der Waals surface area contributed by atoms with Gasteiger partial charge in [0.2, 0.25) is 0 Å². The largest absolute Gasteiger partial charge is 0.350 e. The number of benzene rings is 1. The van der Waals surface area contributed by atoms with Crippen molar-refractivity contribution in [2.24, 2.45) is 0 Å². The fourth-order valence-corrected chi connectivity index (χ4v) is 3.45. The average molecular weight is 347 g/mol. The standard InChI is InChI=1S/C15H15BrN4O/c16-9-1-2-11-12-8-18-20(10-3-5-17-6-4-10)15(21)14(12)19-13(11)7-9/h1-2,7-8,10,17,19H,3-6H2. The molecule has 1 aliphatic heterocycles. The number of hydrogen-bond donors (Lipinski definition) is 2. The minimum atomic E-state index is -0.0216. The fourth-order valence-electron chi connectivity index (χ4n) is 3.09. The molecule has 0 radical (unpaired) electrons. The van der Waals surface area contributed by atoms with E-state index in [0.717, 1.165) is 46.7 Å². The molecule has 3 aromatic rings. The number of rotatable bonds is 1. The number of aromatic amines is 1. The number of piperidine rings is 1. The van der Waals surface area contributed by atoms with Crippen molar-refractivity contribution in [1.82, 2.24) is 20.1 Å². The van der Waals surface area contributed by atoms with E-state index < -0.39 is 0 Å². The number of nitrogens with one attached hydrogen (secondary N) is 2. The molecule has 5 nitrogen and oxygen atoms in total. The van der Waals surface area contributed by atoms with Gasteiger partial charge in [0.05, 0.1) is 12.2 Å². The molecule has 0 spiro atoms. The molecule has 1 fully saturated rings. The molecule has 2 N–H and O–H groups in total. The summed E-state index contributed by atoms with van der Waals surface area (Å²) in [6, 6.07) is 6.17. The van der Waals surface area contributed by atoms with E-state index in [1.54, 1.807) is 4.68 Å². The van der Waals surface area contributed by atoms with Crippen molar-refractivity contribution in [1.29, 1.82) is 0 Å². The molecule has 4 rings (SSSR count). The first-order valence-electron chi connectivity index (χ1n) is 7.13. The van der Waals surface area contributed by atoms with E-state index in [2.05, 4.69) is 31.3 Å². The lowest BCUT2D eigenvalue weighted by Gasteiger charge is -2.23. The summed E-state index contributed by atoms with van der Waals surface area (Å²) in [6.45, 7) is 1.88. The molecule has 0 saturated carbocycles. The monoisotopic (exact) mass is 346 g/mol. The third kappa shape index (κ3) is 2.10. The summed E-state index contributed by atoms with van der Waals surface area (Å²) in [7, 11) is 0. The Hall–Kier alpha value is -1.66. The van der Waals surface area contributed by atoms with Crippen molar-refractivity contribution in [3.05, 3.63) is 39.2 Å². The molecule has 0 unspecified atom stereocenters. The molecule has 1 saturated heterocycles. The van der Waals surface area contributed by atoms with Gasteiger partial charge in [-0.2, -0.15) is 5.10 Å². The zero-order valence-corrected chi connectivity index (χ0v) is 13.0. The van der Waals surface area contributed by atoms with Crippen LogP contribution in [0.25, 0.3) is 21.8 Å². The minimum Gasteiger partial charge on any atom is -0.350 e. The Balaban J connectivity index is 1.94. The zero-order valence-electron chi connectivity index (χ0n) is 11.4. The molecule has 0 aliphatic carbocycles. The second kappa shape index (κ2) is 4.96. The third-order valence-corrected chi connectivity index (χ3v) is 4.68. The predicted molar refractivity (Wildman–Crippen MR) is 86.7 cm³/mol. The fraction of sp³-hybridized carbons (Fsp3) is 0.333. The van der Waals surface area contributed by atoms with Gasteiger partial charge in [0.15, 0.2) is 0 Å². The van der Waals surface area contributed by atoms with Gasteiger partial charge in [-0.25, -0.2) is 4.68 Å². The number of fused-ring (bicyclic) bond motifs is 3. The van der Waals surface area contributed by atoms with Crippen LogP contribution in [0.4, 0.5) is 0 Å². The molecule has 0 atom stereocenters. The van der Waals surface area contributed by atoms with Crippen molar-refractivity contribution in [3.8, 4) is 0 Å². The smallest absolute Gasteiger partial charge is 0.291 e. The SMILES string of the molecule is O=c1c2[nH]c3cc(Br)ccc3c2cnn1C1CCNCC1. The van der Waals surface area contributed by atoms with Crippen LogP contribution in [0.3, 0.4) is 0 Å². The maximum atomic E-state index is 12.7. The van der Waals surface area contributed by atoms with Gasteiger partial charge in [0.25, 0.3) is 5.56 Å². The molecular weight excluding hydrogens is 332 g/mol. The number of H-pyrrole nitrogens is 1. The molecule has 2 aromatic heterocycles. The van der Waals surface area contributed by atoms with Gasteiger partial charge in [0, 0.05) is 20.8 Å². The van der Waals surface area contributed by atoms with Crippen LogP contribution in [0.15, 0.2) is 33.7 Å². The summed E-state index contributed by atoms with van der Waals surface area (Å²) in [5.41, 5.74) is 1.59. The van der Waals surface area contributed by atoms with Crippen LogP contribution in [0.1, 0.15) is 18.9 Å². The highest BCUT2D eigenvalue weighted by molar-refractivity contribution is 9.10. The topological polar surface area (TPSA) is 62.7 Å². The highest BCUT2D eigenvalue weighted by atomic mass is 79.9. The Morgan fingerprint density at radius 1 is 1.24 bits per heavy atom. The van der Waals surface area contributed by atoms with E-state index in [-0.39, 0.29) is 11.6 Å². The van der Waals surface area contributed by atoms with Crippen LogP contribution in [0.2, 0.25) is 0 Å². The summed E-state index contributed by atoms with van der Waals surface area (Å²) >= 11 is 3.46. The molecule has 0 bridgehead atoms. The molecule has 6 heteroatoms. The van der Waals surface area contributed by atoms with Gasteiger partial charge in [-0.15, -0.1) is 0 Å². The molecule has 1 aliphatic rings. The van der Waals surface area contributed by atoms with E-state index in [9.17, 15) is 4.79 Å². The predicted octanol–water partition coefficient (Wildman–Crippen LogP) is 2.56. The van der Waals surface area contributed by atoms with Crippen molar-refractivity contribution in [3.63, 3.8) is 0 Å². The van der Waals surface area contributed by atoms with Gasteiger partial charge in [0.1, 0.15) is 5.52 Å². The Morgan fingerprint density at radius 3 is 2.86 bits per heavy atom. The van der Waals surface area contributed by atoms with Crippen LogP contribution in [0.5, 0.6) is 0 Å². The highest BCUT2D eigenvalue weighted by Gasteiger charge is 2.19. The lowest BCUT2D eigenvalue weighted by atomic mass is 10.1. The molecule has 1 aromatic carbocycles. The van der Waals surface area contributed by atoms with Gasteiger partial charge >= 0.3 is 0 Å². The Morgan fingerprint density at radius 2 is 2.05 bits per heavy atom. The van der Waals surface area contributed by atoms with Crippen molar-refractivity contribution in [2.45, 2.75) is 18.9 Å². The Kier molecular flexibility index (Phi) is 3.08. The normalized spacial score (nSPS) is 16.8. The van der Waals surface area contributed by atoms with Crippen LogP contribution in [-0.4, -0.2) is 27.9 Å². The number of halogens is 1. The summed E-state index contributed by atoms with van der Waals surface area (Å²) < 4.78 is 2.64. The van der Waals surface area contributed by atoms with Gasteiger partial charge in [-0.3, -0.25) is 4.79 Å². The summed E-state index contributed by atoms with van der Waals surface area (Å²) in [5, 5.41) is 9.67. The highest BCUT2D eigenvalue weighted by Crippen LogP contribution is 2.26. The molecule has 108 valence electrons. The van der Waals surface area contributed by atoms with Crippen LogP contribution in [0, 0.1) is 0 Å². The van der Waals surface area contributed by atoms with E-state index in [1.807, 2.05) is 24.4 Å². The van der Waals surface area contributed by atoms with Crippen molar-refractivity contribution < 1.29 is 0 Å². The van der Waals surface area contributed by atoms with Crippen molar-refractivity contribution >= 4 is 37.7 Å². The molecule has 3 heterocycles. The Bertz CT molecular complexity index is 876. The van der Waals surface area contributed by atoms with Gasteiger partial charge in [-0.05, 0) is 38.1 Å². The summed E-state index contributed by atoms with van der Waals surface area (Å²) in [4.78, 5) is 16.0. The quantitative estimate of drug-likeness (QED) is 0.711. The number of aromatic nitrogens is 3. The number of hydrogen-bond acceptors (Lipinski definition) is 3. The molecule has 0 amide bonds. The zero-order chi connectivity index (χ0) is 14.4. The van der Waals surface area contributed by atoms with Crippen molar-refractivity contribution in [2.75, 3.05) is 13.1 Å². The lowest BCUT2D eigenvalue weighted by molar-refractivity contribution is 0.333. The first-order chi connectivity index (χ1) is 10.2. The minimum absolute atomic E-state index is 0.0216. The van der Waals surface area contributed by atoms with E-state index in [0.29, 0.717) is 5.52 Å². The third-order valence-electron chi connectivity index (χ3n) is 4.19. The van der Waals surface area contributed by atoms with Crippen LogP contribution in [-0.2, 0) is 0 Å². The van der Waals surface area contributed by atoms with Gasteiger partial charge < -0.3 is 10.3 Å². The second-order valence-electron chi connectivity index (χ2n) is 5.48. The van der Waals surface area contributed by atoms with E-state index in [1.165, 1.54) is 0 Å². The van der Waals surface area contributed by atoms with Crippen LogP contribution < -0.4 is 10.9 Å².